The second-order valence-electron chi connectivity index (χ2n) is 10.8. The van der Waals surface area contributed by atoms with Crippen LogP contribution in [0.1, 0.15) is 33.6 Å². The van der Waals surface area contributed by atoms with Gasteiger partial charge in [-0.1, -0.05) is 20.8 Å². The number of hydrogen-bond acceptors (Lipinski definition) is 5. The molecule has 1 unspecified atom stereocenters. The van der Waals surface area contributed by atoms with E-state index in [-0.39, 0.29) is 10.8 Å². The number of nitrogens with one attached hydrogen (secondary N) is 2. The van der Waals surface area contributed by atoms with E-state index < -0.39 is 24.8 Å². The molecule has 1 aliphatic rings. The Morgan fingerprint density at radius 1 is 1.14 bits per heavy atom. The molecule has 2 N–H and O–H groups in total. The standard InChI is InChI=1S/C26H34F2N4O2SSi/c1-26(2,3)36(4,5)32-35(33,30-17-18-6-7-18)21-11-8-19(9-12-21)31-23-14-15-29-24-16-20(34-25(27)28)10-13-22(23)24/h8-16,18,25H,6-7,17H2,1-5H3,(H,29,31)(H,30,32,33). The fourth-order valence-corrected chi connectivity index (χ4v) is 8.95. The number of aromatic nitrogens is 1. The molecule has 1 heterocycles. The Morgan fingerprint density at radius 3 is 2.44 bits per heavy atom. The summed E-state index contributed by atoms with van der Waals surface area (Å²) < 4.78 is 52.1. The largest absolute Gasteiger partial charge is 0.435 e. The van der Waals surface area contributed by atoms with Gasteiger partial charge in [0.15, 0.2) is 8.24 Å². The van der Waals surface area contributed by atoms with Crippen LogP contribution < -0.4 is 14.8 Å². The molecule has 1 atom stereocenters. The van der Waals surface area contributed by atoms with Crippen LogP contribution in [0.25, 0.3) is 10.9 Å². The monoisotopic (exact) mass is 532 g/mol. The van der Waals surface area contributed by atoms with Gasteiger partial charge in [0.2, 0.25) is 0 Å². The van der Waals surface area contributed by atoms with Crippen molar-refractivity contribution in [2.75, 3.05) is 11.9 Å². The highest BCUT2D eigenvalue weighted by Gasteiger charge is 2.38. The summed E-state index contributed by atoms with van der Waals surface area (Å²) in [6.07, 6.45) is 3.94. The SMILES string of the molecule is CC(C)(C)[Si](C)(C)N=S(=O)(NCC1CC1)c1ccc(Nc2ccnc3cc(OC(F)F)ccc23)cc1. The fourth-order valence-electron chi connectivity index (χ4n) is 3.47. The Morgan fingerprint density at radius 2 is 1.83 bits per heavy atom. The number of rotatable bonds is 9. The molecule has 6 nitrogen and oxygen atoms in total. The third kappa shape index (κ3) is 6.22. The van der Waals surface area contributed by atoms with Crippen molar-refractivity contribution in [1.29, 1.82) is 0 Å². The maximum absolute atomic E-state index is 14.2. The fraction of sp³-hybridized carbons (Fsp3) is 0.423. The lowest BCUT2D eigenvalue weighted by atomic mass is 10.1. The first-order valence-corrected chi connectivity index (χ1v) is 16.6. The summed E-state index contributed by atoms with van der Waals surface area (Å²) in [5.41, 5.74) is 2.11. The lowest BCUT2D eigenvalue weighted by Gasteiger charge is -2.33. The smallest absolute Gasteiger partial charge is 0.387 e. The zero-order valence-electron chi connectivity index (χ0n) is 21.3. The molecule has 4 rings (SSSR count). The minimum absolute atomic E-state index is 0.0267. The summed E-state index contributed by atoms with van der Waals surface area (Å²) in [5.74, 6) is 0.637. The molecular weight excluding hydrogens is 498 g/mol. The van der Waals surface area contributed by atoms with Gasteiger partial charge >= 0.3 is 6.61 Å². The average Bonchev–Trinajstić information content (AvgIpc) is 3.61. The summed E-state index contributed by atoms with van der Waals surface area (Å²) in [6.45, 7) is 8.63. The maximum Gasteiger partial charge on any atom is 0.387 e. The van der Waals surface area contributed by atoms with Crippen molar-refractivity contribution in [2.45, 2.75) is 63.3 Å². The molecular formula is C26H34F2N4O2SSi. The van der Waals surface area contributed by atoms with E-state index in [1.54, 1.807) is 12.3 Å². The quantitative estimate of drug-likeness (QED) is 0.283. The number of benzene rings is 2. The molecule has 10 heteroatoms. The van der Waals surface area contributed by atoms with Crippen molar-refractivity contribution in [3.05, 3.63) is 54.7 Å². The molecule has 3 aromatic rings. The molecule has 0 radical (unpaired) electrons. The lowest BCUT2D eigenvalue weighted by Crippen LogP contribution is -2.39. The molecule has 1 aliphatic carbocycles. The van der Waals surface area contributed by atoms with Crippen LogP contribution in [0.4, 0.5) is 20.2 Å². The Labute approximate surface area is 213 Å². The van der Waals surface area contributed by atoms with Crippen molar-refractivity contribution < 1.29 is 17.7 Å². The summed E-state index contributed by atoms with van der Waals surface area (Å²) in [6, 6.07) is 14.0. The van der Waals surface area contributed by atoms with E-state index in [1.165, 1.54) is 25.0 Å². The summed E-state index contributed by atoms with van der Waals surface area (Å²) in [7, 11) is -4.97. The molecule has 0 bridgehead atoms. The first-order valence-electron chi connectivity index (χ1n) is 12.1. The van der Waals surface area contributed by atoms with Crippen LogP contribution in [0.15, 0.2) is 63.7 Å². The third-order valence-corrected chi connectivity index (χ3v) is 14.8. The molecule has 36 heavy (non-hydrogen) atoms. The van der Waals surface area contributed by atoms with E-state index in [1.807, 2.05) is 30.3 Å². The molecule has 0 aliphatic heterocycles. The molecule has 2 aromatic carbocycles. The van der Waals surface area contributed by atoms with Crippen LogP contribution in [0.2, 0.25) is 18.1 Å². The van der Waals surface area contributed by atoms with Crippen molar-refractivity contribution >= 4 is 40.4 Å². The minimum atomic E-state index is -2.89. The van der Waals surface area contributed by atoms with Crippen LogP contribution in [0, 0.1) is 5.92 Å². The van der Waals surface area contributed by atoms with Gasteiger partial charge in [-0.2, -0.15) is 8.78 Å². The average molecular weight is 533 g/mol. The molecule has 1 fully saturated rings. The minimum Gasteiger partial charge on any atom is -0.435 e. The Hall–Kier alpha value is -2.56. The molecule has 1 aromatic heterocycles. The molecule has 0 amide bonds. The second kappa shape index (κ2) is 10.1. The number of alkyl halides is 2. The second-order valence-corrected chi connectivity index (χ2v) is 17.9. The summed E-state index contributed by atoms with van der Waals surface area (Å²) >= 11 is 0. The highest BCUT2D eigenvalue weighted by Crippen LogP contribution is 2.38. The number of ether oxygens (including phenoxy) is 1. The van der Waals surface area contributed by atoms with Crippen LogP contribution in [0.5, 0.6) is 5.75 Å². The molecule has 0 saturated heterocycles. The van der Waals surface area contributed by atoms with Gasteiger partial charge < -0.3 is 10.1 Å². The Bertz CT molecular complexity index is 1350. The van der Waals surface area contributed by atoms with E-state index in [0.717, 1.165) is 16.8 Å². The van der Waals surface area contributed by atoms with Gasteiger partial charge in [-0.25, -0.2) is 8.93 Å². The number of nitrogens with zero attached hydrogens (tertiary/aromatic N) is 2. The lowest BCUT2D eigenvalue weighted by molar-refractivity contribution is -0.0497. The van der Waals surface area contributed by atoms with Gasteiger partial charge in [0.05, 0.1) is 10.4 Å². The van der Waals surface area contributed by atoms with E-state index in [0.29, 0.717) is 22.9 Å². The van der Waals surface area contributed by atoms with Gasteiger partial charge in [-0.3, -0.25) is 9.01 Å². The van der Waals surface area contributed by atoms with E-state index in [2.05, 4.69) is 53.6 Å². The highest BCUT2D eigenvalue weighted by atomic mass is 32.2. The Balaban J connectivity index is 1.62. The Kier molecular flexibility index (Phi) is 7.41. The van der Waals surface area contributed by atoms with Gasteiger partial charge in [0.25, 0.3) is 0 Å². The van der Waals surface area contributed by atoms with E-state index in [4.69, 9.17) is 4.03 Å². The third-order valence-electron chi connectivity index (χ3n) is 6.85. The van der Waals surface area contributed by atoms with Crippen molar-refractivity contribution in [3.63, 3.8) is 0 Å². The summed E-state index contributed by atoms with van der Waals surface area (Å²) in [4.78, 5) is 4.94. The number of pyridine rings is 1. The normalized spacial score (nSPS) is 16.1. The molecule has 194 valence electrons. The first kappa shape index (κ1) is 26.5. The van der Waals surface area contributed by atoms with Gasteiger partial charge in [-0.05, 0) is 79.4 Å². The van der Waals surface area contributed by atoms with E-state index in [9.17, 15) is 13.0 Å². The predicted octanol–water partition coefficient (Wildman–Crippen LogP) is 7.33. The van der Waals surface area contributed by atoms with Gasteiger partial charge in [-0.15, -0.1) is 0 Å². The zero-order valence-corrected chi connectivity index (χ0v) is 23.2. The number of fused-ring (bicyclic) bond motifs is 1. The molecule has 1 saturated carbocycles. The van der Waals surface area contributed by atoms with Crippen molar-refractivity contribution in [2.24, 2.45) is 9.95 Å². The van der Waals surface area contributed by atoms with Crippen LogP contribution in [-0.2, 0) is 9.92 Å². The van der Waals surface area contributed by atoms with Gasteiger partial charge in [0.1, 0.15) is 15.7 Å². The van der Waals surface area contributed by atoms with Crippen molar-refractivity contribution in [3.8, 4) is 5.75 Å². The van der Waals surface area contributed by atoms with Crippen LogP contribution >= 0.6 is 0 Å². The number of hydrogen-bond donors (Lipinski definition) is 2. The summed E-state index contributed by atoms with van der Waals surface area (Å²) in [5, 5.41) is 4.10. The molecule has 0 spiro atoms. The van der Waals surface area contributed by atoms with Gasteiger partial charge in [0, 0.05) is 35.6 Å². The van der Waals surface area contributed by atoms with Crippen LogP contribution in [0.3, 0.4) is 0 Å². The number of halogens is 2. The number of anilines is 2. The van der Waals surface area contributed by atoms with E-state index >= 15 is 0 Å². The maximum atomic E-state index is 14.2. The zero-order chi connectivity index (χ0) is 26.1. The predicted molar refractivity (Wildman–Crippen MR) is 145 cm³/mol. The highest BCUT2D eigenvalue weighted by molar-refractivity contribution is 7.92. The first-order chi connectivity index (χ1) is 16.9. The topological polar surface area (TPSA) is 75.6 Å². The van der Waals surface area contributed by atoms with Crippen LogP contribution in [-0.4, -0.2) is 30.6 Å². The van der Waals surface area contributed by atoms with Crippen molar-refractivity contribution in [1.82, 2.24) is 9.71 Å².